The predicted octanol–water partition coefficient (Wildman–Crippen LogP) is 2.88. The highest BCUT2D eigenvalue weighted by Crippen LogP contribution is 2.42. The van der Waals surface area contributed by atoms with E-state index in [-0.39, 0.29) is 0 Å². The van der Waals surface area contributed by atoms with Crippen molar-refractivity contribution in [3.63, 3.8) is 0 Å². The summed E-state index contributed by atoms with van der Waals surface area (Å²) in [4.78, 5) is 8.44. The number of hydrogen-bond acceptors (Lipinski definition) is 4. The third kappa shape index (κ3) is 2.84. The molecular formula is C15H18N4. The molecule has 2 N–H and O–H groups in total. The summed E-state index contributed by atoms with van der Waals surface area (Å²) in [6, 6.07) is 13.1. The first-order chi connectivity index (χ1) is 9.36. The molecule has 2 aromatic rings. The van der Waals surface area contributed by atoms with Crippen molar-refractivity contribution in [3.8, 4) is 0 Å². The molecule has 4 heteroatoms. The standard InChI is InChI=1S/C15H18N4/c1-2-16-14-9-15(18-10-17-14)19-13-8-12(13)11-6-4-3-5-7-11/h3-7,9-10,12-13H,2,8H2,1H3,(H2,16,17,18,19). The SMILES string of the molecule is CCNc1cc(NC2CC2c2ccccc2)ncn1. The molecule has 1 heterocycles. The van der Waals surface area contributed by atoms with Crippen molar-refractivity contribution in [2.75, 3.05) is 17.2 Å². The quantitative estimate of drug-likeness (QED) is 0.861. The molecule has 0 bridgehead atoms. The van der Waals surface area contributed by atoms with Crippen molar-refractivity contribution < 1.29 is 0 Å². The normalized spacial score (nSPS) is 20.9. The van der Waals surface area contributed by atoms with Crippen LogP contribution < -0.4 is 10.6 Å². The maximum atomic E-state index is 4.27. The van der Waals surface area contributed by atoms with Gasteiger partial charge in [-0.3, -0.25) is 0 Å². The predicted molar refractivity (Wildman–Crippen MR) is 77.4 cm³/mol. The molecule has 1 aromatic heterocycles. The molecule has 2 atom stereocenters. The van der Waals surface area contributed by atoms with E-state index in [4.69, 9.17) is 0 Å². The molecule has 0 aliphatic heterocycles. The van der Waals surface area contributed by atoms with Gasteiger partial charge in [0.15, 0.2) is 0 Å². The minimum Gasteiger partial charge on any atom is -0.370 e. The van der Waals surface area contributed by atoms with Gasteiger partial charge in [0.25, 0.3) is 0 Å². The van der Waals surface area contributed by atoms with Gasteiger partial charge in [-0.15, -0.1) is 0 Å². The lowest BCUT2D eigenvalue weighted by molar-refractivity contribution is 1.02. The molecular weight excluding hydrogens is 236 g/mol. The molecule has 1 aromatic carbocycles. The summed E-state index contributed by atoms with van der Waals surface area (Å²) in [5.41, 5.74) is 1.40. The van der Waals surface area contributed by atoms with E-state index >= 15 is 0 Å². The highest BCUT2D eigenvalue weighted by Gasteiger charge is 2.38. The molecule has 1 aliphatic carbocycles. The third-order valence-electron chi connectivity index (χ3n) is 3.38. The second-order valence-corrected chi connectivity index (χ2v) is 4.82. The van der Waals surface area contributed by atoms with Crippen LogP contribution in [-0.4, -0.2) is 22.6 Å². The van der Waals surface area contributed by atoms with Crippen molar-refractivity contribution in [3.05, 3.63) is 48.3 Å². The van der Waals surface area contributed by atoms with Crippen LogP contribution >= 0.6 is 0 Å². The van der Waals surface area contributed by atoms with Crippen LogP contribution in [0.2, 0.25) is 0 Å². The smallest absolute Gasteiger partial charge is 0.131 e. The molecule has 0 radical (unpaired) electrons. The van der Waals surface area contributed by atoms with E-state index in [0.717, 1.165) is 18.2 Å². The summed E-state index contributed by atoms with van der Waals surface area (Å²) in [7, 11) is 0. The Hall–Kier alpha value is -2.10. The van der Waals surface area contributed by atoms with Crippen molar-refractivity contribution >= 4 is 11.6 Å². The molecule has 0 amide bonds. The van der Waals surface area contributed by atoms with E-state index < -0.39 is 0 Å². The number of hydrogen-bond donors (Lipinski definition) is 2. The molecule has 0 spiro atoms. The topological polar surface area (TPSA) is 49.8 Å². The number of anilines is 2. The Kier molecular flexibility index (Phi) is 3.31. The van der Waals surface area contributed by atoms with Gasteiger partial charge < -0.3 is 10.6 Å². The summed E-state index contributed by atoms with van der Waals surface area (Å²) in [5, 5.41) is 6.67. The van der Waals surface area contributed by atoms with Crippen LogP contribution in [0.5, 0.6) is 0 Å². The maximum Gasteiger partial charge on any atom is 0.131 e. The number of nitrogens with zero attached hydrogens (tertiary/aromatic N) is 2. The average Bonchev–Trinajstić information content (AvgIpc) is 3.20. The number of nitrogens with one attached hydrogen (secondary N) is 2. The van der Waals surface area contributed by atoms with Crippen LogP contribution in [-0.2, 0) is 0 Å². The highest BCUT2D eigenvalue weighted by atomic mass is 15.1. The first-order valence-corrected chi connectivity index (χ1v) is 6.74. The van der Waals surface area contributed by atoms with Gasteiger partial charge in [-0.25, -0.2) is 9.97 Å². The van der Waals surface area contributed by atoms with Gasteiger partial charge in [0.1, 0.15) is 18.0 Å². The van der Waals surface area contributed by atoms with E-state index in [1.807, 2.05) is 6.07 Å². The van der Waals surface area contributed by atoms with Gasteiger partial charge in [0.2, 0.25) is 0 Å². The van der Waals surface area contributed by atoms with Gasteiger partial charge in [-0.2, -0.15) is 0 Å². The fourth-order valence-electron chi connectivity index (χ4n) is 2.33. The molecule has 19 heavy (non-hydrogen) atoms. The lowest BCUT2D eigenvalue weighted by atomic mass is 10.1. The largest absolute Gasteiger partial charge is 0.370 e. The minimum absolute atomic E-state index is 0.492. The van der Waals surface area contributed by atoms with Gasteiger partial charge >= 0.3 is 0 Å². The summed E-state index contributed by atoms with van der Waals surface area (Å²) < 4.78 is 0. The van der Waals surface area contributed by atoms with E-state index in [2.05, 4.69) is 57.9 Å². The number of benzene rings is 1. The Labute approximate surface area is 113 Å². The maximum absolute atomic E-state index is 4.27. The Morgan fingerprint density at radius 1 is 1.16 bits per heavy atom. The lowest BCUT2D eigenvalue weighted by Gasteiger charge is -2.07. The molecule has 4 nitrogen and oxygen atoms in total. The van der Waals surface area contributed by atoms with Crippen molar-refractivity contribution in [1.82, 2.24) is 9.97 Å². The van der Waals surface area contributed by atoms with Crippen LogP contribution in [0.3, 0.4) is 0 Å². The monoisotopic (exact) mass is 254 g/mol. The third-order valence-corrected chi connectivity index (χ3v) is 3.38. The lowest BCUT2D eigenvalue weighted by Crippen LogP contribution is -2.07. The van der Waals surface area contributed by atoms with Crippen LogP contribution in [0.1, 0.15) is 24.8 Å². The summed E-state index contributed by atoms with van der Waals surface area (Å²) in [6.07, 6.45) is 2.77. The summed E-state index contributed by atoms with van der Waals surface area (Å²) in [5.74, 6) is 2.38. The van der Waals surface area contributed by atoms with Crippen molar-refractivity contribution in [2.45, 2.75) is 25.3 Å². The molecule has 3 rings (SSSR count). The molecule has 1 aliphatic rings. The average molecular weight is 254 g/mol. The zero-order valence-electron chi connectivity index (χ0n) is 11.0. The van der Waals surface area contributed by atoms with Crippen molar-refractivity contribution in [1.29, 1.82) is 0 Å². The van der Waals surface area contributed by atoms with Crippen LogP contribution in [0.15, 0.2) is 42.7 Å². The fraction of sp³-hybridized carbons (Fsp3) is 0.333. The Balaban J connectivity index is 1.63. The molecule has 1 fully saturated rings. The highest BCUT2D eigenvalue weighted by molar-refractivity contribution is 5.49. The van der Waals surface area contributed by atoms with Gasteiger partial charge in [0, 0.05) is 24.6 Å². The van der Waals surface area contributed by atoms with Gasteiger partial charge in [-0.1, -0.05) is 30.3 Å². The molecule has 0 saturated heterocycles. The van der Waals surface area contributed by atoms with E-state index in [1.54, 1.807) is 6.33 Å². The number of aromatic nitrogens is 2. The Morgan fingerprint density at radius 2 is 1.95 bits per heavy atom. The van der Waals surface area contributed by atoms with E-state index in [1.165, 1.54) is 12.0 Å². The minimum atomic E-state index is 0.492. The summed E-state index contributed by atoms with van der Waals surface area (Å²) >= 11 is 0. The fourth-order valence-corrected chi connectivity index (χ4v) is 2.33. The van der Waals surface area contributed by atoms with E-state index in [9.17, 15) is 0 Å². The number of rotatable bonds is 5. The second-order valence-electron chi connectivity index (χ2n) is 4.82. The Morgan fingerprint density at radius 3 is 2.74 bits per heavy atom. The van der Waals surface area contributed by atoms with Gasteiger partial charge in [0.05, 0.1) is 0 Å². The zero-order valence-corrected chi connectivity index (χ0v) is 11.0. The zero-order chi connectivity index (χ0) is 13.1. The first-order valence-electron chi connectivity index (χ1n) is 6.74. The first kappa shape index (κ1) is 12.0. The Bertz CT molecular complexity index is 541. The van der Waals surface area contributed by atoms with Crippen LogP contribution in [0, 0.1) is 0 Å². The van der Waals surface area contributed by atoms with Crippen molar-refractivity contribution in [2.24, 2.45) is 0 Å². The second kappa shape index (κ2) is 5.26. The van der Waals surface area contributed by atoms with E-state index in [0.29, 0.717) is 12.0 Å². The van der Waals surface area contributed by atoms with Crippen LogP contribution in [0.4, 0.5) is 11.6 Å². The van der Waals surface area contributed by atoms with Gasteiger partial charge in [-0.05, 0) is 18.9 Å². The molecule has 2 unspecified atom stereocenters. The molecule has 1 saturated carbocycles. The molecule has 98 valence electrons. The van der Waals surface area contributed by atoms with Crippen LogP contribution in [0.25, 0.3) is 0 Å². The summed E-state index contributed by atoms with van der Waals surface area (Å²) in [6.45, 7) is 2.92.